The topological polar surface area (TPSA) is 65.9 Å². The van der Waals surface area contributed by atoms with Gasteiger partial charge in [-0.2, -0.15) is 5.26 Å². The highest BCUT2D eigenvalue weighted by atomic mass is 19.1. The van der Waals surface area contributed by atoms with Crippen molar-refractivity contribution in [3.05, 3.63) is 71.2 Å². The number of ether oxygens (including phenoxy) is 1. The van der Waals surface area contributed by atoms with Crippen molar-refractivity contribution in [2.45, 2.75) is 0 Å². The zero-order chi connectivity index (χ0) is 17.1. The van der Waals surface area contributed by atoms with Crippen LogP contribution in [-0.4, -0.2) is 17.9 Å². The maximum atomic E-state index is 13.8. The lowest BCUT2D eigenvalue weighted by Crippen LogP contribution is -2.01. The van der Waals surface area contributed by atoms with E-state index in [0.29, 0.717) is 16.7 Å². The fourth-order valence-corrected chi connectivity index (χ4v) is 2.46. The molecule has 4 nitrogen and oxygen atoms in total. The van der Waals surface area contributed by atoms with Crippen LogP contribution in [0, 0.1) is 17.1 Å². The second kappa shape index (κ2) is 6.39. The van der Waals surface area contributed by atoms with Gasteiger partial charge in [-0.05, 0) is 30.3 Å². The van der Waals surface area contributed by atoms with E-state index in [2.05, 4.69) is 4.98 Å². The summed E-state index contributed by atoms with van der Waals surface area (Å²) in [5, 5.41) is 9.97. The van der Waals surface area contributed by atoms with Crippen LogP contribution in [0.15, 0.2) is 54.2 Å². The van der Waals surface area contributed by atoms with E-state index < -0.39 is 11.6 Å². The maximum Gasteiger partial charge on any atom is 0.205 e. The number of Topliss-reactive ketones (excluding diaryl/α,β-unsaturated/α-hetero) is 1. The summed E-state index contributed by atoms with van der Waals surface area (Å²) in [4.78, 5) is 15.7. The van der Waals surface area contributed by atoms with Gasteiger partial charge in [-0.3, -0.25) is 4.79 Å². The normalized spacial score (nSPS) is 11.3. The predicted molar refractivity (Wildman–Crippen MR) is 89.2 cm³/mol. The van der Waals surface area contributed by atoms with Gasteiger partial charge in [0.05, 0.1) is 7.11 Å². The van der Waals surface area contributed by atoms with Gasteiger partial charge in [0, 0.05) is 28.2 Å². The van der Waals surface area contributed by atoms with Gasteiger partial charge in [0.2, 0.25) is 5.78 Å². The molecule has 0 saturated heterocycles. The molecule has 0 radical (unpaired) electrons. The van der Waals surface area contributed by atoms with Crippen LogP contribution in [0.2, 0.25) is 0 Å². The number of nitrogens with one attached hydrogen (secondary N) is 1. The number of methoxy groups -OCH3 is 1. The van der Waals surface area contributed by atoms with E-state index >= 15 is 0 Å². The van der Waals surface area contributed by atoms with Gasteiger partial charge in [-0.25, -0.2) is 4.39 Å². The molecule has 0 saturated carbocycles. The standard InChI is InChI=1S/C19H13FN2O2/c1-24-14-6-7-18-15(9-14)16(11-22-18)19(23)13(10-21)8-12-4-2-3-5-17(12)20/h2-9,11,22H,1H3. The first kappa shape index (κ1) is 15.5. The fourth-order valence-electron chi connectivity index (χ4n) is 2.46. The Morgan fingerprint density at radius 3 is 2.79 bits per heavy atom. The average molecular weight is 320 g/mol. The molecule has 24 heavy (non-hydrogen) atoms. The molecule has 0 unspecified atom stereocenters. The summed E-state index contributed by atoms with van der Waals surface area (Å²) in [6, 6.07) is 13.1. The Balaban J connectivity index is 2.07. The third-order valence-electron chi connectivity index (χ3n) is 3.70. The predicted octanol–water partition coefficient (Wildman–Crippen LogP) is 4.11. The summed E-state index contributed by atoms with van der Waals surface area (Å²) in [7, 11) is 1.54. The number of rotatable bonds is 4. The van der Waals surface area contributed by atoms with Crippen molar-refractivity contribution in [3.63, 3.8) is 0 Å². The van der Waals surface area contributed by atoms with Crippen LogP contribution < -0.4 is 4.74 Å². The summed E-state index contributed by atoms with van der Waals surface area (Å²) in [6.45, 7) is 0. The van der Waals surface area contributed by atoms with Crippen LogP contribution in [0.3, 0.4) is 0 Å². The molecular weight excluding hydrogens is 307 g/mol. The van der Waals surface area contributed by atoms with Gasteiger partial charge in [0.1, 0.15) is 23.2 Å². The molecule has 1 aromatic heterocycles. The molecule has 0 atom stereocenters. The van der Waals surface area contributed by atoms with Crippen molar-refractivity contribution in [3.8, 4) is 11.8 Å². The van der Waals surface area contributed by atoms with Gasteiger partial charge < -0.3 is 9.72 Å². The molecule has 3 rings (SSSR count). The second-order valence-electron chi connectivity index (χ2n) is 5.13. The number of ketones is 1. The maximum absolute atomic E-state index is 13.8. The second-order valence-corrected chi connectivity index (χ2v) is 5.13. The first-order chi connectivity index (χ1) is 11.6. The summed E-state index contributed by atoms with van der Waals surface area (Å²) in [5.41, 5.74) is 1.15. The Hall–Kier alpha value is -3.39. The molecule has 0 aliphatic rings. The third kappa shape index (κ3) is 2.77. The number of nitriles is 1. The van der Waals surface area contributed by atoms with Gasteiger partial charge >= 0.3 is 0 Å². The zero-order valence-electron chi connectivity index (χ0n) is 12.8. The lowest BCUT2D eigenvalue weighted by atomic mass is 10.0. The van der Waals surface area contributed by atoms with Crippen molar-refractivity contribution < 1.29 is 13.9 Å². The molecule has 1 N–H and O–H groups in total. The Labute approximate surface area is 137 Å². The number of carbonyl (C=O) groups is 1. The smallest absolute Gasteiger partial charge is 0.205 e. The minimum absolute atomic E-state index is 0.135. The number of hydrogen-bond acceptors (Lipinski definition) is 3. The molecule has 2 aromatic carbocycles. The Bertz CT molecular complexity index is 996. The van der Waals surface area contributed by atoms with Crippen LogP contribution in [0.1, 0.15) is 15.9 Å². The third-order valence-corrected chi connectivity index (χ3v) is 3.70. The Morgan fingerprint density at radius 1 is 1.29 bits per heavy atom. The number of carbonyl (C=O) groups excluding carboxylic acids is 1. The number of aromatic amines is 1. The van der Waals surface area contributed by atoms with E-state index in [4.69, 9.17) is 4.74 Å². The van der Waals surface area contributed by atoms with Crippen molar-refractivity contribution in [1.82, 2.24) is 4.98 Å². The number of allylic oxidation sites excluding steroid dienone is 1. The van der Waals surface area contributed by atoms with E-state index in [1.807, 2.05) is 6.07 Å². The number of aromatic nitrogens is 1. The molecule has 0 spiro atoms. The van der Waals surface area contributed by atoms with E-state index in [1.54, 1.807) is 36.5 Å². The van der Waals surface area contributed by atoms with Crippen molar-refractivity contribution in [2.75, 3.05) is 7.11 Å². The minimum atomic E-state index is -0.487. The number of benzene rings is 2. The van der Waals surface area contributed by atoms with E-state index in [0.717, 1.165) is 5.52 Å². The van der Waals surface area contributed by atoms with Crippen molar-refractivity contribution in [2.24, 2.45) is 0 Å². The quantitative estimate of drug-likeness (QED) is 0.447. The molecule has 0 aliphatic heterocycles. The molecule has 1 heterocycles. The van der Waals surface area contributed by atoms with Gasteiger partial charge in [-0.1, -0.05) is 18.2 Å². The fraction of sp³-hybridized carbons (Fsp3) is 0.0526. The van der Waals surface area contributed by atoms with Gasteiger partial charge in [0.15, 0.2) is 0 Å². The SMILES string of the molecule is COc1ccc2[nH]cc(C(=O)C(C#N)=Cc3ccccc3F)c2c1. The summed E-state index contributed by atoms with van der Waals surface area (Å²) in [6.07, 6.45) is 2.80. The van der Waals surface area contributed by atoms with Crippen molar-refractivity contribution in [1.29, 1.82) is 5.26 Å². The molecular formula is C19H13FN2O2. The molecule has 118 valence electrons. The van der Waals surface area contributed by atoms with E-state index in [9.17, 15) is 14.4 Å². The van der Waals surface area contributed by atoms with Crippen LogP contribution in [0.25, 0.3) is 17.0 Å². The Kier molecular flexibility index (Phi) is 4.13. The lowest BCUT2D eigenvalue weighted by Gasteiger charge is -2.02. The highest BCUT2D eigenvalue weighted by molar-refractivity contribution is 6.20. The molecule has 0 fully saturated rings. The number of halogens is 1. The number of fused-ring (bicyclic) bond motifs is 1. The molecule has 0 aliphatic carbocycles. The van der Waals surface area contributed by atoms with Crippen LogP contribution in [0.4, 0.5) is 4.39 Å². The van der Waals surface area contributed by atoms with Crippen LogP contribution in [0.5, 0.6) is 5.75 Å². The van der Waals surface area contributed by atoms with Crippen molar-refractivity contribution >= 4 is 22.8 Å². The summed E-state index contributed by atoms with van der Waals surface area (Å²) < 4.78 is 18.9. The Morgan fingerprint density at radius 2 is 2.08 bits per heavy atom. The summed E-state index contributed by atoms with van der Waals surface area (Å²) in [5.74, 6) is -0.355. The highest BCUT2D eigenvalue weighted by Crippen LogP contribution is 2.26. The number of hydrogen-bond donors (Lipinski definition) is 1. The lowest BCUT2D eigenvalue weighted by molar-refractivity contribution is 0.104. The zero-order valence-corrected chi connectivity index (χ0v) is 12.8. The summed E-state index contributed by atoms with van der Waals surface area (Å²) >= 11 is 0. The van der Waals surface area contributed by atoms with E-state index in [-0.39, 0.29) is 11.1 Å². The van der Waals surface area contributed by atoms with Gasteiger partial charge in [0.25, 0.3) is 0 Å². The molecule has 0 amide bonds. The average Bonchev–Trinajstić information content (AvgIpc) is 3.03. The minimum Gasteiger partial charge on any atom is -0.497 e. The molecule has 5 heteroatoms. The molecule has 3 aromatic rings. The first-order valence-corrected chi connectivity index (χ1v) is 7.20. The number of H-pyrrole nitrogens is 1. The highest BCUT2D eigenvalue weighted by Gasteiger charge is 2.17. The van der Waals surface area contributed by atoms with Gasteiger partial charge in [-0.15, -0.1) is 0 Å². The van der Waals surface area contributed by atoms with Crippen LogP contribution >= 0.6 is 0 Å². The van der Waals surface area contributed by atoms with E-state index in [1.165, 1.54) is 25.3 Å². The van der Waals surface area contributed by atoms with Crippen LogP contribution in [-0.2, 0) is 0 Å². The first-order valence-electron chi connectivity index (χ1n) is 7.20. The number of nitrogens with zero attached hydrogens (tertiary/aromatic N) is 1. The largest absolute Gasteiger partial charge is 0.497 e. The molecule has 0 bridgehead atoms. The monoisotopic (exact) mass is 320 g/mol.